The molecule has 4 nitrogen and oxygen atoms in total. The van der Waals surface area contributed by atoms with Crippen LogP contribution in [0.25, 0.3) is 0 Å². The Kier molecular flexibility index (Phi) is 4.42. The summed E-state index contributed by atoms with van der Waals surface area (Å²) in [7, 11) is 0. The van der Waals surface area contributed by atoms with Crippen molar-refractivity contribution in [3.05, 3.63) is 45.2 Å². The van der Waals surface area contributed by atoms with E-state index in [-0.39, 0.29) is 0 Å². The maximum atomic E-state index is 5.57. The van der Waals surface area contributed by atoms with E-state index in [2.05, 4.69) is 33.9 Å². The first kappa shape index (κ1) is 15.2. The van der Waals surface area contributed by atoms with Gasteiger partial charge in [0.15, 0.2) is 0 Å². The van der Waals surface area contributed by atoms with Gasteiger partial charge in [-0.05, 0) is 37.5 Å². The molecule has 0 aliphatic carbocycles. The molecular weight excluding hydrogens is 306 g/mol. The number of nitrogens with zero attached hydrogens (tertiary/aromatic N) is 3. The van der Waals surface area contributed by atoms with Crippen LogP contribution in [0.3, 0.4) is 0 Å². The number of thiophene rings is 1. The molecule has 122 valence electrons. The molecule has 0 bridgehead atoms. The van der Waals surface area contributed by atoms with Crippen LogP contribution in [0, 0.1) is 6.92 Å². The van der Waals surface area contributed by atoms with E-state index in [4.69, 9.17) is 4.74 Å². The smallest absolute Gasteiger partial charge is 0.115 e. The Morgan fingerprint density at radius 1 is 1.26 bits per heavy atom. The fraction of sp³-hybridized carbons (Fsp3) is 0.556. The second kappa shape index (κ2) is 6.67. The molecule has 0 saturated carbocycles. The molecule has 5 heteroatoms. The number of hydrogen-bond donors (Lipinski definition) is 0. The van der Waals surface area contributed by atoms with Gasteiger partial charge in [0.1, 0.15) is 6.33 Å². The zero-order chi connectivity index (χ0) is 15.6. The van der Waals surface area contributed by atoms with Gasteiger partial charge < -0.3 is 4.74 Å². The van der Waals surface area contributed by atoms with E-state index in [0.29, 0.717) is 5.92 Å². The summed E-state index contributed by atoms with van der Waals surface area (Å²) < 4.78 is 5.57. The Bertz CT molecular complexity index is 679. The summed E-state index contributed by atoms with van der Waals surface area (Å²) in [4.78, 5) is 14.6. The van der Waals surface area contributed by atoms with Crippen molar-refractivity contribution in [1.29, 1.82) is 0 Å². The van der Waals surface area contributed by atoms with Crippen LogP contribution in [0.4, 0.5) is 0 Å². The molecule has 0 aromatic carbocycles. The number of fused-ring (bicyclic) bond motifs is 1. The van der Waals surface area contributed by atoms with Gasteiger partial charge in [0.2, 0.25) is 0 Å². The van der Waals surface area contributed by atoms with E-state index < -0.39 is 0 Å². The number of hydrogen-bond acceptors (Lipinski definition) is 5. The van der Waals surface area contributed by atoms with Gasteiger partial charge in [0, 0.05) is 54.0 Å². The zero-order valence-electron chi connectivity index (χ0n) is 13.6. The molecule has 4 rings (SSSR count). The van der Waals surface area contributed by atoms with Crippen molar-refractivity contribution in [3.8, 4) is 0 Å². The lowest BCUT2D eigenvalue weighted by Crippen LogP contribution is -2.25. The van der Waals surface area contributed by atoms with Gasteiger partial charge in [-0.15, -0.1) is 11.3 Å². The third kappa shape index (κ3) is 3.32. The molecule has 0 unspecified atom stereocenters. The van der Waals surface area contributed by atoms with E-state index in [1.807, 2.05) is 11.3 Å². The molecule has 0 radical (unpaired) electrons. The summed E-state index contributed by atoms with van der Waals surface area (Å²) in [6, 6.07) is 4.48. The minimum Gasteiger partial charge on any atom is -0.381 e. The van der Waals surface area contributed by atoms with Gasteiger partial charge in [-0.1, -0.05) is 0 Å². The van der Waals surface area contributed by atoms with E-state index in [1.54, 1.807) is 6.33 Å². The van der Waals surface area contributed by atoms with Crippen LogP contribution in [0.1, 0.15) is 39.0 Å². The molecule has 0 N–H and O–H groups in total. The minimum atomic E-state index is 0.471. The SMILES string of the molecule is Cc1ccc(CN2CCc3ncnc([C@@H]4CCOC4)c3CC2)s1. The van der Waals surface area contributed by atoms with E-state index >= 15 is 0 Å². The molecule has 2 aliphatic rings. The van der Waals surface area contributed by atoms with Crippen LogP contribution >= 0.6 is 11.3 Å². The average Bonchev–Trinajstić information content (AvgIpc) is 3.17. The molecule has 2 aromatic heterocycles. The molecular formula is C18H23N3OS. The maximum Gasteiger partial charge on any atom is 0.115 e. The molecule has 2 aromatic rings. The summed E-state index contributed by atoms with van der Waals surface area (Å²) in [6.07, 6.45) is 4.95. The van der Waals surface area contributed by atoms with Crippen molar-refractivity contribution in [2.24, 2.45) is 0 Å². The largest absolute Gasteiger partial charge is 0.381 e. The summed E-state index contributed by atoms with van der Waals surface area (Å²) in [5.74, 6) is 0.471. The Morgan fingerprint density at radius 2 is 2.17 bits per heavy atom. The summed E-state index contributed by atoms with van der Waals surface area (Å²) in [5, 5.41) is 0. The Morgan fingerprint density at radius 3 is 2.96 bits per heavy atom. The lowest BCUT2D eigenvalue weighted by Gasteiger charge is -2.18. The van der Waals surface area contributed by atoms with Crippen LogP contribution in [0.2, 0.25) is 0 Å². The van der Waals surface area contributed by atoms with Gasteiger partial charge in [-0.3, -0.25) is 4.90 Å². The third-order valence-electron chi connectivity index (χ3n) is 4.90. The first-order valence-electron chi connectivity index (χ1n) is 8.47. The van der Waals surface area contributed by atoms with E-state index in [9.17, 15) is 0 Å². The third-order valence-corrected chi connectivity index (χ3v) is 5.89. The summed E-state index contributed by atoms with van der Waals surface area (Å²) in [5.41, 5.74) is 3.90. The normalized spacial score (nSPS) is 22.0. The van der Waals surface area contributed by atoms with Crippen molar-refractivity contribution in [2.75, 3.05) is 26.3 Å². The summed E-state index contributed by atoms with van der Waals surface area (Å²) in [6.45, 7) is 7.11. The van der Waals surface area contributed by atoms with Gasteiger partial charge >= 0.3 is 0 Å². The molecule has 1 saturated heterocycles. The fourth-order valence-electron chi connectivity index (χ4n) is 3.65. The molecule has 23 heavy (non-hydrogen) atoms. The highest BCUT2D eigenvalue weighted by Gasteiger charge is 2.26. The number of aromatic nitrogens is 2. The minimum absolute atomic E-state index is 0.471. The number of ether oxygens (including phenoxy) is 1. The van der Waals surface area contributed by atoms with Crippen molar-refractivity contribution in [2.45, 2.75) is 38.6 Å². The van der Waals surface area contributed by atoms with Crippen LogP contribution in [-0.4, -0.2) is 41.2 Å². The molecule has 0 amide bonds. The van der Waals surface area contributed by atoms with Crippen molar-refractivity contribution in [1.82, 2.24) is 14.9 Å². The van der Waals surface area contributed by atoms with Crippen molar-refractivity contribution >= 4 is 11.3 Å². The second-order valence-corrected chi connectivity index (χ2v) is 7.91. The maximum absolute atomic E-state index is 5.57. The molecule has 2 aliphatic heterocycles. The number of aryl methyl sites for hydroxylation is 1. The lowest BCUT2D eigenvalue weighted by atomic mass is 9.96. The summed E-state index contributed by atoms with van der Waals surface area (Å²) >= 11 is 1.91. The number of rotatable bonds is 3. The topological polar surface area (TPSA) is 38.2 Å². The average molecular weight is 329 g/mol. The first-order chi connectivity index (χ1) is 11.3. The predicted octanol–water partition coefficient (Wildman–Crippen LogP) is 2.95. The van der Waals surface area contributed by atoms with Crippen molar-refractivity contribution < 1.29 is 4.74 Å². The highest BCUT2D eigenvalue weighted by atomic mass is 32.1. The zero-order valence-corrected chi connectivity index (χ0v) is 14.4. The molecule has 1 atom stereocenters. The van der Waals surface area contributed by atoms with Crippen molar-refractivity contribution in [3.63, 3.8) is 0 Å². The van der Waals surface area contributed by atoms with E-state index in [1.165, 1.54) is 26.7 Å². The molecule has 1 fully saturated rings. The predicted molar refractivity (Wildman–Crippen MR) is 92.0 cm³/mol. The van der Waals surface area contributed by atoms with Gasteiger partial charge in [0.05, 0.1) is 12.3 Å². The van der Waals surface area contributed by atoms with Crippen LogP contribution < -0.4 is 0 Å². The standard InChI is InChI=1S/C18H23N3OS/c1-13-2-3-15(23-13)10-21-7-4-16-17(5-8-21)19-12-20-18(16)14-6-9-22-11-14/h2-3,12,14H,4-11H2,1H3/t14-/m1/s1. The highest BCUT2D eigenvalue weighted by Crippen LogP contribution is 2.29. The highest BCUT2D eigenvalue weighted by molar-refractivity contribution is 7.11. The monoisotopic (exact) mass is 329 g/mol. The first-order valence-corrected chi connectivity index (χ1v) is 9.29. The Balaban J connectivity index is 1.50. The molecule has 0 spiro atoms. The Hall–Kier alpha value is -1.30. The molecule has 4 heterocycles. The van der Waals surface area contributed by atoms with E-state index in [0.717, 1.165) is 52.1 Å². The Labute approximate surface area is 141 Å². The quantitative estimate of drug-likeness (QED) is 0.868. The van der Waals surface area contributed by atoms with Gasteiger partial charge in [-0.25, -0.2) is 9.97 Å². The van der Waals surface area contributed by atoms with Gasteiger partial charge in [-0.2, -0.15) is 0 Å². The van der Waals surface area contributed by atoms with Crippen LogP contribution in [0.5, 0.6) is 0 Å². The lowest BCUT2D eigenvalue weighted by molar-refractivity contribution is 0.193. The van der Waals surface area contributed by atoms with Crippen LogP contribution in [-0.2, 0) is 24.1 Å². The van der Waals surface area contributed by atoms with Crippen LogP contribution in [0.15, 0.2) is 18.5 Å². The van der Waals surface area contributed by atoms with Gasteiger partial charge in [0.25, 0.3) is 0 Å². The second-order valence-electron chi connectivity index (χ2n) is 6.53. The fourth-order valence-corrected chi connectivity index (χ4v) is 4.58.